The van der Waals surface area contributed by atoms with E-state index >= 15 is 0 Å². The molecule has 9 heteroatoms. The SMILES string of the molecule is CCOC1CC(N)(C(=O)N2CCCN(c3nccs3)CC2)C1(C)C.Cl.Cl. The van der Waals surface area contributed by atoms with Crippen LogP contribution in [-0.4, -0.2) is 60.2 Å². The zero-order valence-electron chi connectivity index (χ0n) is 15.6. The minimum atomic E-state index is -0.816. The third-order valence-corrected chi connectivity index (χ3v) is 6.52. The molecule has 2 heterocycles. The molecule has 0 radical (unpaired) electrons. The smallest absolute Gasteiger partial charge is 0.243 e. The zero-order chi connectivity index (χ0) is 17.4. The Morgan fingerprint density at radius 1 is 1.35 bits per heavy atom. The molecule has 0 spiro atoms. The van der Waals surface area contributed by atoms with Crippen molar-refractivity contribution in [1.82, 2.24) is 9.88 Å². The number of ether oxygens (including phenoxy) is 1. The first-order valence-corrected chi connectivity index (χ1v) is 9.62. The Hall–Kier alpha value is -0.600. The molecule has 26 heavy (non-hydrogen) atoms. The van der Waals surface area contributed by atoms with Crippen LogP contribution in [0.25, 0.3) is 0 Å². The molecule has 2 aliphatic rings. The number of carbonyl (C=O) groups is 1. The third-order valence-electron chi connectivity index (χ3n) is 5.68. The maximum absolute atomic E-state index is 13.1. The van der Waals surface area contributed by atoms with E-state index in [-0.39, 0.29) is 42.2 Å². The van der Waals surface area contributed by atoms with E-state index < -0.39 is 5.54 Å². The second-order valence-electron chi connectivity index (χ2n) is 7.29. The molecule has 1 amide bonds. The number of hydrogen-bond donors (Lipinski definition) is 1. The van der Waals surface area contributed by atoms with Crippen molar-refractivity contribution >= 4 is 47.2 Å². The van der Waals surface area contributed by atoms with Gasteiger partial charge in [-0.25, -0.2) is 4.98 Å². The third kappa shape index (κ3) is 3.97. The lowest BCUT2D eigenvalue weighted by atomic mass is 9.54. The second kappa shape index (κ2) is 9.06. The molecule has 0 aromatic carbocycles. The van der Waals surface area contributed by atoms with Crippen molar-refractivity contribution in [3.63, 3.8) is 0 Å². The molecule has 150 valence electrons. The molecule has 1 aliphatic carbocycles. The highest BCUT2D eigenvalue weighted by atomic mass is 35.5. The van der Waals surface area contributed by atoms with Gasteiger partial charge in [-0.1, -0.05) is 13.8 Å². The van der Waals surface area contributed by atoms with Crippen LogP contribution >= 0.6 is 36.2 Å². The fourth-order valence-corrected chi connectivity index (χ4v) is 4.46. The quantitative estimate of drug-likeness (QED) is 0.803. The van der Waals surface area contributed by atoms with Crippen LogP contribution in [-0.2, 0) is 9.53 Å². The van der Waals surface area contributed by atoms with Crippen LogP contribution in [0.1, 0.15) is 33.6 Å². The first-order valence-electron chi connectivity index (χ1n) is 8.74. The Bertz CT molecular complexity index is 587. The van der Waals surface area contributed by atoms with Gasteiger partial charge in [-0.2, -0.15) is 0 Å². The van der Waals surface area contributed by atoms with E-state index in [0.717, 1.165) is 31.2 Å². The second-order valence-corrected chi connectivity index (χ2v) is 8.16. The number of rotatable bonds is 4. The zero-order valence-corrected chi connectivity index (χ0v) is 18.1. The van der Waals surface area contributed by atoms with Crippen molar-refractivity contribution in [3.8, 4) is 0 Å². The summed E-state index contributed by atoms with van der Waals surface area (Å²) in [5, 5.41) is 3.02. The van der Waals surface area contributed by atoms with Gasteiger partial charge in [0.1, 0.15) is 5.54 Å². The number of anilines is 1. The molecule has 1 aromatic heterocycles. The average molecular weight is 425 g/mol. The van der Waals surface area contributed by atoms with E-state index in [1.165, 1.54) is 0 Å². The molecule has 2 N–H and O–H groups in total. The fraction of sp³-hybridized carbons (Fsp3) is 0.765. The number of hydrogen-bond acceptors (Lipinski definition) is 6. The molecule has 3 rings (SSSR count). The van der Waals surface area contributed by atoms with E-state index in [4.69, 9.17) is 10.5 Å². The summed E-state index contributed by atoms with van der Waals surface area (Å²) >= 11 is 1.65. The van der Waals surface area contributed by atoms with Gasteiger partial charge in [0.05, 0.1) is 6.10 Å². The van der Waals surface area contributed by atoms with Gasteiger partial charge in [0.2, 0.25) is 5.91 Å². The highest BCUT2D eigenvalue weighted by Gasteiger charge is 2.63. The van der Waals surface area contributed by atoms with Crippen LogP contribution in [0, 0.1) is 5.41 Å². The van der Waals surface area contributed by atoms with Crippen molar-refractivity contribution in [2.24, 2.45) is 11.1 Å². The van der Waals surface area contributed by atoms with Gasteiger partial charge in [0, 0.05) is 56.2 Å². The summed E-state index contributed by atoms with van der Waals surface area (Å²) in [7, 11) is 0. The van der Waals surface area contributed by atoms with E-state index in [0.29, 0.717) is 19.6 Å². The van der Waals surface area contributed by atoms with Crippen LogP contribution in [0.4, 0.5) is 5.13 Å². The van der Waals surface area contributed by atoms with Crippen molar-refractivity contribution in [3.05, 3.63) is 11.6 Å². The summed E-state index contributed by atoms with van der Waals surface area (Å²) in [5.41, 5.74) is 5.41. The Morgan fingerprint density at radius 3 is 2.65 bits per heavy atom. The summed E-state index contributed by atoms with van der Waals surface area (Å²) in [6, 6.07) is 0. The minimum absolute atomic E-state index is 0. The minimum Gasteiger partial charge on any atom is -0.378 e. The fourth-order valence-electron chi connectivity index (χ4n) is 3.76. The molecular weight excluding hydrogens is 395 g/mol. The number of carbonyl (C=O) groups excluding carboxylic acids is 1. The molecule has 0 bridgehead atoms. The van der Waals surface area contributed by atoms with E-state index in [9.17, 15) is 4.79 Å². The van der Waals surface area contributed by atoms with Crippen LogP contribution in [0.5, 0.6) is 0 Å². The number of thiazole rings is 1. The highest BCUT2D eigenvalue weighted by Crippen LogP contribution is 2.50. The van der Waals surface area contributed by atoms with Crippen molar-refractivity contribution in [1.29, 1.82) is 0 Å². The molecule has 2 unspecified atom stereocenters. The maximum atomic E-state index is 13.1. The van der Waals surface area contributed by atoms with E-state index in [1.807, 2.05) is 23.4 Å². The molecule has 1 saturated heterocycles. The summed E-state index contributed by atoms with van der Waals surface area (Å²) in [6.45, 7) is 9.94. The summed E-state index contributed by atoms with van der Waals surface area (Å²) in [5.74, 6) is 0.0736. The van der Waals surface area contributed by atoms with E-state index in [2.05, 4.69) is 23.7 Å². The summed E-state index contributed by atoms with van der Waals surface area (Å²) < 4.78 is 5.75. The number of amides is 1. The topological polar surface area (TPSA) is 71.7 Å². The predicted octanol–water partition coefficient (Wildman–Crippen LogP) is 2.56. The Balaban J connectivity index is 0.00000169. The van der Waals surface area contributed by atoms with Gasteiger partial charge >= 0.3 is 0 Å². The largest absolute Gasteiger partial charge is 0.378 e. The highest BCUT2D eigenvalue weighted by molar-refractivity contribution is 7.13. The maximum Gasteiger partial charge on any atom is 0.243 e. The molecule has 2 atom stereocenters. The first-order chi connectivity index (χ1) is 11.4. The standard InChI is InChI=1S/C17H28N4O2S.2ClH/c1-4-23-13-12-17(18,16(13,2)3)14(22)20-7-5-8-21(10-9-20)15-19-6-11-24-15;;/h6,11,13H,4-5,7-10,12,18H2,1-3H3;2*1H. The van der Waals surface area contributed by atoms with Gasteiger partial charge in [-0.15, -0.1) is 36.2 Å². The van der Waals surface area contributed by atoms with Gasteiger partial charge in [0.25, 0.3) is 0 Å². The predicted molar refractivity (Wildman–Crippen MR) is 111 cm³/mol. The molecule has 1 saturated carbocycles. The molecule has 1 aliphatic heterocycles. The number of halogens is 2. The lowest BCUT2D eigenvalue weighted by Gasteiger charge is -2.58. The summed E-state index contributed by atoms with van der Waals surface area (Å²) in [4.78, 5) is 21.7. The van der Waals surface area contributed by atoms with Gasteiger partial charge in [0.15, 0.2) is 5.13 Å². The van der Waals surface area contributed by atoms with Crippen molar-refractivity contribution in [2.75, 3.05) is 37.7 Å². The number of nitrogens with two attached hydrogens (primary N) is 1. The van der Waals surface area contributed by atoms with Gasteiger partial charge < -0.3 is 20.3 Å². The molecule has 1 aromatic rings. The van der Waals surface area contributed by atoms with Crippen LogP contribution in [0.15, 0.2) is 11.6 Å². The summed E-state index contributed by atoms with van der Waals surface area (Å²) in [6.07, 6.45) is 3.44. The molecule has 2 fully saturated rings. The van der Waals surface area contributed by atoms with Crippen LogP contribution < -0.4 is 10.6 Å². The molecule has 6 nitrogen and oxygen atoms in total. The lowest BCUT2D eigenvalue weighted by molar-refractivity contribution is -0.179. The number of nitrogens with zero attached hydrogens (tertiary/aromatic N) is 3. The number of aromatic nitrogens is 1. The Labute approximate surface area is 172 Å². The monoisotopic (exact) mass is 424 g/mol. The first kappa shape index (κ1) is 23.4. The lowest BCUT2D eigenvalue weighted by Crippen LogP contribution is -2.76. The Morgan fingerprint density at radius 2 is 2.08 bits per heavy atom. The average Bonchev–Trinajstić information content (AvgIpc) is 2.98. The van der Waals surface area contributed by atoms with Gasteiger partial charge in [-0.3, -0.25) is 4.79 Å². The molecular formula is C17H30Cl2N4O2S. The Kier molecular flexibility index (Phi) is 8.17. The van der Waals surface area contributed by atoms with Crippen LogP contribution in [0.2, 0.25) is 0 Å². The normalized spacial score (nSPS) is 27.6. The van der Waals surface area contributed by atoms with E-state index in [1.54, 1.807) is 11.3 Å². The van der Waals surface area contributed by atoms with Crippen molar-refractivity contribution < 1.29 is 9.53 Å². The van der Waals surface area contributed by atoms with Crippen LogP contribution in [0.3, 0.4) is 0 Å². The van der Waals surface area contributed by atoms with Crippen molar-refractivity contribution in [2.45, 2.75) is 45.3 Å². The van der Waals surface area contributed by atoms with Gasteiger partial charge in [-0.05, 0) is 13.3 Å².